The molecule has 1 N–H and O–H groups in total. The third kappa shape index (κ3) is 3.58. The molecule has 1 nitrogen and oxygen atoms in total. The molecule has 1 aromatic rings. The molecule has 0 fully saturated rings. The van der Waals surface area contributed by atoms with Gasteiger partial charge in [-0.15, -0.1) is 0 Å². The molecular formula is C11H16FNS. The van der Waals surface area contributed by atoms with Crippen molar-refractivity contribution in [2.75, 3.05) is 23.4 Å². The van der Waals surface area contributed by atoms with Crippen LogP contribution in [0.1, 0.15) is 12.5 Å². The van der Waals surface area contributed by atoms with Crippen LogP contribution in [0, 0.1) is 12.7 Å². The molecule has 0 aliphatic heterocycles. The molecule has 14 heavy (non-hydrogen) atoms. The minimum atomic E-state index is -0.179. The molecule has 0 radical (unpaired) electrons. The molecule has 0 bridgehead atoms. The summed E-state index contributed by atoms with van der Waals surface area (Å²) in [5.74, 6) is 2.01. The normalized spacial score (nSPS) is 10.2. The van der Waals surface area contributed by atoms with Crippen molar-refractivity contribution >= 4 is 17.4 Å². The fourth-order valence-electron chi connectivity index (χ4n) is 1.19. The van der Waals surface area contributed by atoms with E-state index in [1.165, 1.54) is 6.07 Å². The zero-order chi connectivity index (χ0) is 10.4. The SMILES string of the molecule is CCSCCNc1cc(F)ccc1C. The van der Waals surface area contributed by atoms with E-state index in [1.807, 2.05) is 18.7 Å². The van der Waals surface area contributed by atoms with Crippen molar-refractivity contribution in [2.24, 2.45) is 0 Å². The van der Waals surface area contributed by atoms with E-state index in [0.29, 0.717) is 0 Å². The highest BCUT2D eigenvalue weighted by molar-refractivity contribution is 7.99. The summed E-state index contributed by atoms with van der Waals surface area (Å²) in [5.41, 5.74) is 2.00. The number of aryl methyl sites for hydroxylation is 1. The Labute approximate surface area is 89.1 Å². The molecule has 0 atom stereocenters. The molecule has 0 spiro atoms. The van der Waals surface area contributed by atoms with Gasteiger partial charge in [0.2, 0.25) is 0 Å². The van der Waals surface area contributed by atoms with Crippen molar-refractivity contribution in [3.05, 3.63) is 29.6 Å². The summed E-state index contributed by atoms with van der Waals surface area (Å²) in [6.07, 6.45) is 0. The molecule has 0 heterocycles. The molecule has 1 aromatic carbocycles. The van der Waals surface area contributed by atoms with Gasteiger partial charge in [0.05, 0.1) is 0 Å². The van der Waals surface area contributed by atoms with E-state index >= 15 is 0 Å². The lowest BCUT2D eigenvalue weighted by Crippen LogP contribution is -2.05. The van der Waals surface area contributed by atoms with Gasteiger partial charge in [-0.05, 0) is 30.4 Å². The number of hydrogen-bond acceptors (Lipinski definition) is 2. The van der Waals surface area contributed by atoms with Crippen molar-refractivity contribution in [1.82, 2.24) is 0 Å². The minimum Gasteiger partial charge on any atom is -0.384 e. The summed E-state index contributed by atoms with van der Waals surface area (Å²) in [7, 11) is 0. The van der Waals surface area contributed by atoms with Crippen molar-refractivity contribution in [3.8, 4) is 0 Å². The number of benzene rings is 1. The van der Waals surface area contributed by atoms with Crippen LogP contribution in [0.3, 0.4) is 0 Å². The molecular weight excluding hydrogens is 197 g/mol. The van der Waals surface area contributed by atoms with Gasteiger partial charge < -0.3 is 5.32 Å². The van der Waals surface area contributed by atoms with E-state index in [0.717, 1.165) is 29.3 Å². The Balaban J connectivity index is 2.45. The summed E-state index contributed by atoms with van der Waals surface area (Å²) in [6.45, 7) is 5.01. The van der Waals surface area contributed by atoms with Crippen molar-refractivity contribution in [3.63, 3.8) is 0 Å². The Morgan fingerprint density at radius 1 is 1.43 bits per heavy atom. The van der Waals surface area contributed by atoms with Crippen LogP contribution in [0.15, 0.2) is 18.2 Å². The Morgan fingerprint density at radius 2 is 2.21 bits per heavy atom. The molecule has 0 saturated heterocycles. The lowest BCUT2D eigenvalue weighted by molar-refractivity contribution is 0.628. The van der Waals surface area contributed by atoms with E-state index in [4.69, 9.17) is 0 Å². The largest absolute Gasteiger partial charge is 0.384 e. The fraction of sp³-hybridized carbons (Fsp3) is 0.455. The number of thioether (sulfide) groups is 1. The van der Waals surface area contributed by atoms with Gasteiger partial charge in [-0.1, -0.05) is 13.0 Å². The molecule has 0 aliphatic carbocycles. The summed E-state index contributed by atoms with van der Waals surface area (Å²) in [6, 6.07) is 4.83. The maximum Gasteiger partial charge on any atom is 0.125 e. The highest BCUT2D eigenvalue weighted by Crippen LogP contribution is 2.15. The zero-order valence-corrected chi connectivity index (χ0v) is 9.46. The summed E-state index contributed by atoms with van der Waals surface area (Å²) in [4.78, 5) is 0. The first-order chi connectivity index (χ1) is 6.74. The number of halogens is 1. The lowest BCUT2D eigenvalue weighted by atomic mass is 10.2. The molecule has 1 rings (SSSR count). The third-order valence-electron chi connectivity index (χ3n) is 1.97. The minimum absolute atomic E-state index is 0.179. The molecule has 3 heteroatoms. The van der Waals surface area contributed by atoms with E-state index < -0.39 is 0 Å². The molecule has 0 aliphatic rings. The first-order valence-corrected chi connectivity index (χ1v) is 5.97. The van der Waals surface area contributed by atoms with Gasteiger partial charge >= 0.3 is 0 Å². The summed E-state index contributed by atoms with van der Waals surface area (Å²) < 4.78 is 12.9. The molecule has 0 saturated carbocycles. The maximum absolute atomic E-state index is 12.9. The van der Waals surface area contributed by atoms with Crippen LogP contribution >= 0.6 is 11.8 Å². The topological polar surface area (TPSA) is 12.0 Å². The Bertz CT molecular complexity index is 289. The van der Waals surface area contributed by atoms with Crippen LogP contribution in [0.25, 0.3) is 0 Å². The first-order valence-electron chi connectivity index (χ1n) is 4.82. The van der Waals surface area contributed by atoms with Crippen LogP contribution in [0.2, 0.25) is 0 Å². The predicted molar refractivity (Wildman–Crippen MR) is 62.6 cm³/mol. The van der Waals surface area contributed by atoms with Gasteiger partial charge in [0.25, 0.3) is 0 Å². The molecule has 78 valence electrons. The standard InChI is InChI=1S/C11H16FNS/c1-3-14-7-6-13-11-8-10(12)5-4-9(11)2/h4-5,8,13H,3,6-7H2,1-2H3. The van der Waals surface area contributed by atoms with Gasteiger partial charge in [0.15, 0.2) is 0 Å². The van der Waals surface area contributed by atoms with E-state index in [2.05, 4.69) is 12.2 Å². The number of hydrogen-bond donors (Lipinski definition) is 1. The molecule has 0 amide bonds. The van der Waals surface area contributed by atoms with Gasteiger partial charge in [0, 0.05) is 18.0 Å². The van der Waals surface area contributed by atoms with Gasteiger partial charge in [-0.25, -0.2) is 4.39 Å². The molecule has 0 unspecified atom stereocenters. The van der Waals surface area contributed by atoms with Crippen LogP contribution in [-0.4, -0.2) is 18.1 Å². The highest BCUT2D eigenvalue weighted by Gasteiger charge is 1.98. The first kappa shape index (κ1) is 11.4. The van der Waals surface area contributed by atoms with E-state index in [-0.39, 0.29) is 5.82 Å². The van der Waals surface area contributed by atoms with Crippen LogP contribution in [0.4, 0.5) is 10.1 Å². The monoisotopic (exact) mass is 213 g/mol. The average Bonchev–Trinajstić information content (AvgIpc) is 2.18. The summed E-state index contributed by atoms with van der Waals surface area (Å²) >= 11 is 1.88. The highest BCUT2D eigenvalue weighted by atomic mass is 32.2. The van der Waals surface area contributed by atoms with Crippen molar-refractivity contribution in [2.45, 2.75) is 13.8 Å². The summed E-state index contributed by atoms with van der Waals surface area (Å²) in [5, 5.41) is 3.23. The second-order valence-electron chi connectivity index (χ2n) is 3.08. The lowest BCUT2D eigenvalue weighted by Gasteiger charge is -2.08. The van der Waals surface area contributed by atoms with Crippen LogP contribution in [0.5, 0.6) is 0 Å². The maximum atomic E-state index is 12.9. The second-order valence-corrected chi connectivity index (χ2v) is 4.48. The quantitative estimate of drug-likeness (QED) is 0.753. The van der Waals surface area contributed by atoms with Crippen LogP contribution < -0.4 is 5.32 Å². The number of anilines is 1. The van der Waals surface area contributed by atoms with Gasteiger partial charge in [-0.3, -0.25) is 0 Å². The smallest absolute Gasteiger partial charge is 0.125 e. The zero-order valence-electron chi connectivity index (χ0n) is 8.64. The van der Waals surface area contributed by atoms with E-state index in [9.17, 15) is 4.39 Å². The molecule has 0 aromatic heterocycles. The number of rotatable bonds is 5. The van der Waals surface area contributed by atoms with Gasteiger partial charge in [0.1, 0.15) is 5.82 Å². The second kappa shape index (κ2) is 5.91. The van der Waals surface area contributed by atoms with E-state index in [1.54, 1.807) is 12.1 Å². The predicted octanol–water partition coefficient (Wildman–Crippen LogP) is 3.30. The van der Waals surface area contributed by atoms with Crippen molar-refractivity contribution in [1.29, 1.82) is 0 Å². The Kier molecular flexibility index (Phi) is 4.80. The third-order valence-corrected chi connectivity index (χ3v) is 2.87. The average molecular weight is 213 g/mol. The number of nitrogens with one attached hydrogen (secondary N) is 1. The Morgan fingerprint density at radius 3 is 2.93 bits per heavy atom. The van der Waals surface area contributed by atoms with Gasteiger partial charge in [-0.2, -0.15) is 11.8 Å². The van der Waals surface area contributed by atoms with Crippen LogP contribution in [-0.2, 0) is 0 Å². The van der Waals surface area contributed by atoms with Crippen molar-refractivity contribution < 1.29 is 4.39 Å². The fourth-order valence-corrected chi connectivity index (χ4v) is 1.72. The Hall–Kier alpha value is -0.700.